The van der Waals surface area contributed by atoms with Crippen LogP contribution < -0.4 is 5.32 Å². The lowest BCUT2D eigenvalue weighted by Gasteiger charge is -2.08. The van der Waals surface area contributed by atoms with Gasteiger partial charge < -0.3 is 10.4 Å². The van der Waals surface area contributed by atoms with Crippen molar-refractivity contribution in [3.05, 3.63) is 42.0 Å². The van der Waals surface area contributed by atoms with Gasteiger partial charge in [0.05, 0.1) is 5.69 Å². The SMILES string of the molecule is Cc1nc(NCCCO)cc(-c2ccccc2F)n1. The van der Waals surface area contributed by atoms with E-state index in [9.17, 15) is 4.39 Å². The van der Waals surface area contributed by atoms with Gasteiger partial charge in [0.1, 0.15) is 17.5 Å². The quantitative estimate of drug-likeness (QED) is 0.811. The highest BCUT2D eigenvalue weighted by Gasteiger charge is 2.08. The maximum atomic E-state index is 13.7. The van der Waals surface area contributed by atoms with E-state index >= 15 is 0 Å². The van der Waals surface area contributed by atoms with E-state index in [2.05, 4.69) is 15.3 Å². The molecule has 0 fully saturated rings. The van der Waals surface area contributed by atoms with Crippen molar-refractivity contribution in [1.29, 1.82) is 0 Å². The van der Waals surface area contributed by atoms with Crippen LogP contribution in [0.15, 0.2) is 30.3 Å². The molecule has 0 bridgehead atoms. The number of rotatable bonds is 5. The zero-order valence-electron chi connectivity index (χ0n) is 10.7. The summed E-state index contributed by atoms with van der Waals surface area (Å²) in [7, 11) is 0. The van der Waals surface area contributed by atoms with Crippen LogP contribution in [0.2, 0.25) is 0 Å². The Balaban J connectivity index is 2.29. The van der Waals surface area contributed by atoms with Crippen molar-refractivity contribution in [1.82, 2.24) is 9.97 Å². The Kier molecular flexibility index (Phi) is 4.41. The largest absolute Gasteiger partial charge is 0.396 e. The number of aliphatic hydroxyl groups is 1. The van der Waals surface area contributed by atoms with Gasteiger partial charge in [-0.2, -0.15) is 0 Å². The number of benzene rings is 1. The summed E-state index contributed by atoms with van der Waals surface area (Å²) in [5, 5.41) is 11.8. The lowest BCUT2D eigenvalue weighted by Crippen LogP contribution is -2.07. The minimum atomic E-state index is -0.304. The number of anilines is 1. The Bertz CT molecular complexity index is 560. The number of hydrogen-bond acceptors (Lipinski definition) is 4. The molecule has 0 aliphatic heterocycles. The highest BCUT2D eigenvalue weighted by Crippen LogP contribution is 2.22. The molecule has 1 heterocycles. The molecule has 0 saturated heterocycles. The molecule has 0 atom stereocenters. The Labute approximate surface area is 111 Å². The van der Waals surface area contributed by atoms with Gasteiger partial charge in [0, 0.05) is 24.8 Å². The first-order valence-corrected chi connectivity index (χ1v) is 6.16. The molecule has 100 valence electrons. The molecule has 2 aromatic rings. The van der Waals surface area contributed by atoms with Gasteiger partial charge in [-0.3, -0.25) is 0 Å². The third-order valence-corrected chi connectivity index (χ3v) is 2.63. The van der Waals surface area contributed by atoms with Crippen molar-refractivity contribution in [2.75, 3.05) is 18.5 Å². The molecule has 2 rings (SSSR count). The fourth-order valence-corrected chi connectivity index (χ4v) is 1.76. The second-order valence-electron chi connectivity index (χ2n) is 4.17. The summed E-state index contributed by atoms with van der Waals surface area (Å²) in [6.45, 7) is 2.50. The smallest absolute Gasteiger partial charge is 0.132 e. The number of nitrogens with one attached hydrogen (secondary N) is 1. The molecule has 0 amide bonds. The average molecular weight is 261 g/mol. The fraction of sp³-hybridized carbons (Fsp3) is 0.286. The number of hydrogen-bond donors (Lipinski definition) is 2. The summed E-state index contributed by atoms with van der Waals surface area (Å²) in [4.78, 5) is 8.49. The Morgan fingerprint density at radius 2 is 2.05 bits per heavy atom. The second-order valence-corrected chi connectivity index (χ2v) is 4.17. The van der Waals surface area contributed by atoms with Gasteiger partial charge in [0.2, 0.25) is 0 Å². The van der Waals surface area contributed by atoms with Crippen molar-refractivity contribution in [2.24, 2.45) is 0 Å². The molecule has 4 nitrogen and oxygen atoms in total. The van der Waals surface area contributed by atoms with E-state index in [0.29, 0.717) is 35.9 Å². The molecular formula is C14H16FN3O. The predicted octanol–water partition coefficient (Wildman–Crippen LogP) is 2.39. The molecule has 0 aliphatic carbocycles. The van der Waals surface area contributed by atoms with Gasteiger partial charge in [-0.1, -0.05) is 12.1 Å². The van der Waals surface area contributed by atoms with Gasteiger partial charge in [0.15, 0.2) is 0 Å². The van der Waals surface area contributed by atoms with Crippen molar-refractivity contribution in [2.45, 2.75) is 13.3 Å². The monoisotopic (exact) mass is 261 g/mol. The van der Waals surface area contributed by atoms with Crippen LogP contribution >= 0.6 is 0 Å². The first-order chi connectivity index (χ1) is 9.20. The van der Waals surface area contributed by atoms with E-state index in [1.54, 1.807) is 31.2 Å². The van der Waals surface area contributed by atoms with Gasteiger partial charge in [0.25, 0.3) is 0 Å². The maximum Gasteiger partial charge on any atom is 0.132 e. The normalized spacial score (nSPS) is 10.5. The van der Waals surface area contributed by atoms with Crippen molar-refractivity contribution in [3.63, 3.8) is 0 Å². The predicted molar refractivity (Wildman–Crippen MR) is 72.4 cm³/mol. The molecule has 5 heteroatoms. The third kappa shape index (κ3) is 3.48. The molecule has 0 radical (unpaired) electrons. The summed E-state index contributed by atoms with van der Waals surface area (Å²) in [5.41, 5.74) is 1.01. The zero-order valence-corrected chi connectivity index (χ0v) is 10.7. The van der Waals surface area contributed by atoms with E-state index in [4.69, 9.17) is 5.11 Å². The van der Waals surface area contributed by atoms with Gasteiger partial charge in [-0.25, -0.2) is 14.4 Å². The second kappa shape index (κ2) is 6.24. The topological polar surface area (TPSA) is 58.0 Å². The van der Waals surface area contributed by atoms with Gasteiger partial charge >= 0.3 is 0 Å². The Hall–Kier alpha value is -2.01. The third-order valence-electron chi connectivity index (χ3n) is 2.63. The number of aliphatic hydroxyl groups excluding tert-OH is 1. The zero-order chi connectivity index (χ0) is 13.7. The molecule has 1 aromatic heterocycles. The molecule has 1 aromatic carbocycles. The van der Waals surface area contributed by atoms with Crippen LogP contribution in [0.25, 0.3) is 11.3 Å². The summed E-state index contributed by atoms with van der Waals surface area (Å²) in [5.74, 6) is 0.911. The van der Waals surface area contributed by atoms with Crippen LogP contribution in [0.1, 0.15) is 12.2 Å². The van der Waals surface area contributed by atoms with Gasteiger partial charge in [-0.15, -0.1) is 0 Å². The van der Waals surface area contributed by atoms with Crippen LogP contribution in [0.4, 0.5) is 10.2 Å². The molecule has 0 unspecified atom stereocenters. The van der Waals surface area contributed by atoms with Crippen LogP contribution in [-0.4, -0.2) is 28.2 Å². The number of aryl methyl sites for hydroxylation is 1. The highest BCUT2D eigenvalue weighted by molar-refractivity contribution is 5.63. The minimum Gasteiger partial charge on any atom is -0.396 e. The van der Waals surface area contributed by atoms with Crippen molar-refractivity contribution >= 4 is 5.82 Å². The van der Waals surface area contributed by atoms with E-state index in [-0.39, 0.29) is 12.4 Å². The Morgan fingerprint density at radius 3 is 2.79 bits per heavy atom. The molecule has 0 saturated carbocycles. The summed E-state index contributed by atoms with van der Waals surface area (Å²) < 4.78 is 13.7. The summed E-state index contributed by atoms with van der Waals surface area (Å²) >= 11 is 0. The van der Waals surface area contributed by atoms with Crippen LogP contribution in [0.3, 0.4) is 0 Å². The van der Waals surface area contributed by atoms with Gasteiger partial charge in [-0.05, 0) is 25.5 Å². The number of nitrogens with zero attached hydrogens (tertiary/aromatic N) is 2. The molecular weight excluding hydrogens is 245 g/mol. The Morgan fingerprint density at radius 1 is 1.26 bits per heavy atom. The van der Waals surface area contributed by atoms with Crippen molar-refractivity contribution in [3.8, 4) is 11.3 Å². The van der Waals surface area contributed by atoms with E-state index in [0.717, 1.165) is 0 Å². The standard InChI is InChI=1S/C14H16FN3O/c1-10-17-13(11-5-2-3-6-12(11)15)9-14(18-10)16-7-4-8-19/h2-3,5-6,9,19H,4,7-8H2,1H3,(H,16,17,18). The lowest BCUT2D eigenvalue weighted by atomic mass is 10.1. The molecule has 19 heavy (non-hydrogen) atoms. The van der Waals surface area contributed by atoms with E-state index in [1.165, 1.54) is 6.07 Å². The number of aromatic nitrogens is 2. The molecule has 0 spiro atoms. The maximum absolute atomic E-state index is 13.7. The van der Waals surface area contributed by atoms with E-state index < -0.39 is 0 Å². The molecule has 2 N–H and O–H groups in total. The molecule has 0 aliphatic rings. The van der Waals surface area contributed by atoms with Crippen LogP contribution in [-0.2, 0) is 0 Å². The van der Waals surface area contributed by atoms with Crippen LogP contribution in [0, 0.1) is 12.7 Å². The van der Waals surface area contributed by atoms with Crippen molar-refractivity contribution < 1.29 is 9.50 Å². The first-order valence-electron chi connectivity index (χ1n) is 6.16. The fourth-order valence-electron chi connectivity index (χ4n) is 1.76. The van der Waals surface area contributed by atoms with Crippen LogP contribution in [0.5, 0.6) is 0 Å². The average Bonchev–Trinajstić information content (AvgIpc) is 2.39. The lowest BCUT2D eigenvalue weighted by molar-refractivity contribution is 0.292. The summed E-state index contributed by atoms with van der Waals surface area (Å²) in [6.07, 6.45) is 0.637. The highest BCUT2D eigenvalue weighted by atomic mass is 19.1. The van der Waals surface area contributed by atoms with E-state index in [1.807, 2.05) is 0 Å². The number of halogens is 1. The summed E-state index contributed by atoms with van der Waals surface area (Å²) in [6, 6.07) is 8.23. The minimum absolute atomic E-state index is 0.122. The first kappa shape index (κ1) is 13.4.